The lowest BCUT2D eigenvalue weighted by molar-refractivity contribution is 0.563. The number of nitrogens with zero attached hydrogens (tertiary/aromatic N) is 3. The molecular formula is C11H12ClN3O. The quantitative estimate of drug-likeness (QED) is 0.770. The van der Waals surface area contributed by atoms with Gasteiger partial charge in [0.1, 0.15) is 5.82 Å². The molecule has 2 aromatic rings. The Kier molecular flexibility index (Phi) is 3.10. The minimum Gasteiger partial charge on any atom is -0.472 e. The molecule has 2 aromatic heterocycles. The molecule has 0 spiro atoms. The van der Waals surface area contributed by atoms with Crippen molar-refractivity contribution >= 4 is 17.4 Å². The molecule has 2 heterocycles. The highest BCUT2D eigenvalue weighted by molar-refractivity contribution is 6.28. The van der Waals surface area contributed by atoms with E-state index in [1.165, 1.54) is 0 Å². The third-order valence-corrected chi connectivity index (χ3v) is 2.37. The highest BCUT2D eigenvalue weighted by atomic mass is 35.5. The minimum absolute atomic E-state index is 0.272. The molecule has 0 N–H and O–H groups in total. The maximum atomic E-state index is 5.81. The van der Waals surface area contributed by atoms with Crippen LogP contribution in [0.3, 0.4) is 0 Å². The van der Waals surface area contributed by atoms with Gasteiger partial charge in [0.2, 0.25) is 5.28 Å². The lowest BCUT2D eigenvalue weighted by Gasteiger charge is -2.17. The van der Waals surface area contributed by atoms with E-state index in [4.69, 9.17) is 16.0 Å². The van der Waals surface area contributed by atoms with Gasteiger partial charge in [-0.1, -0.05) is 0 Å². The predicted molar refractivity (Wildman–Crippen MR) is 62.6 cm³/mol. The summed E-state index contributed by atoms with van der Waals surface area (Å²) in [6.07, 6.45) is 3.37. The summed E-state index contributed by atoms with van der Waals surface area (Å²) >= 11 is 5.81. The van der Waals surface area contributed by atoms with E-state index in [1.807, 2.05) is 31.0 Å². The number of halogens is 1. The number of rotatable bonds is 3. The molecule has 16 heavy (non-hydrogen) atoms. The van der Waals surface area contributed by atoms with Crippen molar-refractivity contribution in [2.45, 2.75) is 13.5 Å². The summed E-state index contributed by atoms with van der Waals surface area (Å²) in [6.45, 7) is 2.62. The van der Waals surface area contributed by atoms with Gasteiger partial charge in [-0.05, 0) is 24.6 Å². The highest BCUT2D eigenvalue weighted by Gasteiger charge is 2.06. The molecule has 0 atom stereocenters. The second kappa shape index (κ2) is 4.53. The van der Waals surface area contributed by atoms with Crippen molar-refractivity contribution in [3.05, 3.63) is 41.2 Å². The number of hydrogen-bond donors (Lipinski definition) is 0. The van der Waals surface area contributed by atoms with Crippen molar-refractivity contribution in [1.29, 1.82) is 0 Å². The van der Waals surface area contributed by atoms with E-state index in [-0.39, 0.29) is 5.28 Å². The summed E-state index contributed by atoms with van der Waals surface area (Å²) in [7, 11) is 1.95. The Morgan fingerprint density at radius 2 is 2.25 bits per heavy atom. The third kappa shape index (κ3) is 2.52. The lowest BCUT2D eigenvalue weighted by Crippen LogP contribution is -2.17. The molecule has 0 aliphatic heterocycles. The van der Waals surface area contributed by atoms with Crippen molar-refractivity contribution in [2.75, 3.05) is 11.9 Å². The fraction of sp³-hybridized carbons (Fsp3) is 0.273. The molecule has 0 saturated heterocycles. The van der Waals surface area contributed by atoms with Gasteiger partial charge in [-0.15, -0.1) is 0 Å². The molecule has 0 saturated carbocycles. The molecule has 5 heteroatoms. The summed E-state index contributed by atoms with van der Waals surface area (Å²) in [5.74, 6) is 0.804. The summed E-state index contributed by atoms with van der Waals surface area (Å²) in [4.78, 5) is 10.2. The van der Waals surface area contributed by atoms with E-state index < -0.39 is 0 Å². The van der Waals surface area contributed by atoms with Crippen LogP contribution in [0.2, 0.25) is 5.28 Å². The first-order valence-electron chi connectivity index (χ1n) is 4.88. The molecule has 0 aliphatic rings. The Hall–Kier alpha value is -1.55. The van der Waals surface area contributed by atoms with E-state index in [1.54, 1.807) is 12.5 Å². The van der Waals surface area contributed by atoms with Crippen molar-refractivity contribution in [1.82, 2.24) is 9.97 Å². The van der Waals surface area contributed by atoms with Gasteiger partial charge >= 0.3 is 0 Å². The van der Waals surface area contributed by atoms with Gasteiger partial charge in [-0.2, -0.15) is 0 Å². The Morgan fingerprint density at radius 1 is 1.44 bits per heavy atom. The summed E-state index contributed by atoms with van der Waals surface area (Å²) in [5, 5.41) is 0.272. The summed E-state index contributed by atoms with van der Waals surface area (Å²) < 4.78 is 5.01. The maximum Gasteiger partial charge on any atom is 0.224 e. The summed E-state index contributed by atoms with van der Waals surface area (Å²) in [5.41, 5.74) is 1.95. The zero-order valence-corrected chi connectivity index (χ0v) is 9.90. The van der Waals surface area contributed by atoms with Crippen LogP contribution in [-0.4, -0.2) is 17.0 Å². The van der Waals surface area contributed by atoms with Gasteiger partial charge in [0.15, 0.2) is 0 Å². The first-order chi connectivity index (χ1) is 7.65. The number of furan rings is 1. The largest absolute Gasteiger partial charge is 0.472 e. The molecule has 0 fully saturated rings. The monoisotopic (exact) mass is 237 g/mol. The molecule has 0 amide bonds. The molecule has 0 radical (unpaired) electrons. The average molecular weight is 238 g/mol. The molecule has 84 valence electrons. The standard InChI is InChI=1S/C11H12ClN3O/c1-8-5-10(14-11(12)13-8)15(2)6-9-3-4-16-7-9/h3-5,7H,6H2,1-2H3. The molecule has 2 rings (SSSR count). The van der Waals surface area contributed by atoms with Crippen molar-refractivity contribution in [2.24, 2.45) is 0 Å². The number of aromatic nitrogens is 2. The summed E-state index contributed by atoms with van der Waals surface area (Å²) in [6, 6.07) is 3.82. The van der Waals surface area contributed by atoms with Crippen LogP contribution in [0.15, 0.2) is 29.1 Å². The van der Waals surface area contributed by atoms with Gasteiger partial charge in [0.25, 0.3) is 0 Å². The van der Waals surface area contributed by atoms with E-state index >= 15 is 0 Å². The van der Waals surface area contributed by atoms with Gasteiger partial charge < -0.3 is 9.32 Å². The number of aryl methyl sites for hydroxylation is 1. The normalized spacial score (nSPS) is 10.4. The third-order valence-electron chi connectivity index (χ3n) is 2.20. The van der Waals surface area contributed by atoms with Crippen molar-refractivity contribution < 1.29 is 4.42 Å². The average Bonchev–Trinajstić information content (AvgIpc) is 2.68. The second-order valence-corrected chi connectivity index (χ2v) is 3.96. The molecule has 0 unspecified atom stereocenters. The Balaban J connectivity index is 2.17. The second-order valence-electron chi connectivity index (χ2n) is 3.62. The van der Waals surface area contributed by atoms with Crippen LogP contribution in [0.4, 0.5) is 5.82 Å². The Morgan fingerprint density at radius 3 is 2.88 bits per heavy atom. The van der Waals surface area contributed by atoms with E-state index in [0.717, 1.165) is 23.6 Å². The lowest BCUT2D eigenvalue weighted by atomic mass is 10.3. The number of anilines is 1. The highest BCUT2D eigenvalue weighted by Crippen LogP contribution is 2.16. The molecule has 4 nitrogen and oxygen atoms in total. The fourth-order valence-electron chi connectivity index (χ4n) is 1.45. The van der Waals surface area contributed by atoms with Crippen LogP contribution in [0.5, 0.6) is 0 Å². The Labute approximate surface area is 98.9 Å². The molecular weight excluding hydrogens is 226 g/mol. The zero-order chi connectivity index (χ0) is 11.5. The van der Waals surface area contributed by atoms with Crippen LogP contribution in [-0.2, 0) is 6.54 Å². The SMILES string of the molecule is Cc1cc(N(C)Cc2ccoc2)nc(Cl)n1. The van der Waals surface area contributed by atoms with E-state index in [2.05, 4.69) is 9.97 Å². The molecule has 0 aliphatic carbocycles. The van der Waals surface area contributed by atoms with Crippen molar-refractivity contribution in [3.8, 4) is 0 Å². The smallest absolute Gasteiger partial charge is 0.224 e. The van der Waals surface area contributed by atoms with Gasteiger partial charge in [0.05, 0.1) is 12.5 Å². The van der Waals surface area contributed by atoms with Crippen LogP contribution < -0.4 is 4.90 Å². The first-order valence-corrected chi connectivity index (χ1v) is 5.26. The number of hydrogen-bond acceptors (Lipinski definition) is 4. The predicted octanol–water partition coefficient (Wildman–Crippen LogP) is 2.67. The first kappa shape index (κ1) is 11.0. The Bertz CT molecular complexity index is 450. The zero-order valence-electron chi connectivity index (χ0n) is 9.14. The molecule has 0 bridgehead atoms. The van der Waals surface area contributed by atoms with E-state index in [9.17, 15) is 0 Å². The van der Waals surface area contributed by atoms with Crippen molar-refractivity contribution in [3.63, 3.8) is 0 Å². The van der Waals surface area contributed by atoms with Crippen LogP contribution >= 0.6 is 11.6 Å². The van der Waals surface area contributed by atoms with Crippen LogP contribution in [0.25, 0.3) is 0 Å². The fourth-order valence-corrected chi connectivity index (χ4v) is 1.67. The topological polar surface area (TPSA) is 42.2 Å². The van der Waals surface area contributed by atoms with E-state index in [0.29, 0.717) is 0 Å². The maximum absolute atomic E-state index is 5.81. The van der Waals surface area contributed by atoms with Gasteiger partial charge in [0, 0.05) is 30.9 Å². The molecule has 0 aromatic carbocycles. The van der Waals surface area contributed by atoms with Gasteiger partial charge in [-0.25, -0.2) is 9.97 Å². The van der Waals surface area contributed by atoms with Gasteiger partial charge in [-0.3, -0.25) is 0 Å². The van der Waals surface area contributed by atoms with Crippen LogP contribution in [0, 0.1) is 6.92 Å². The van der Waals surface area contributed by atoms with Crippen LogP contribution in [0.1, 0.15) is 11.3 Å². The minimum atomic E-state index is 0.272.